The maximum atomic E-state index is 13.4. The van der Waals surface area contributed by atoms with E-state index < -0.39 is 0 Å². The molecule has 0 spiro atoms. The van der Waals surface area contributed by atoms with Crippen LogP contribution in [0.2, 0.25) is 0 Å². The van der Waals surface area contributed by atoms with Crippen LogP contribution < -0.4 is 0 Å². The van der Waals surface area contributed by atoms with Crippen molar-refractivity contribution in [1.82, 2.24) is 9.78 Å². The molecule has 1 aromatic heterocycles. The fraction of sp³-hybridized carbons (Fsp3) is 0.565. The predicted molar refractivity (Wildman–Crippen MR) is 107 cm³/mol. The maximum Gasteiger partial charge on any atom is 0.197 e. The Morgan fingerprint density at radius 3 is 2.35 bits per heavy atom. The van der Waals surface area contributed by atoms with Crippen LogP contribution in [0, 0.1) is 39.0 Å². The Hall–Kier alpha value is -1.90. The number of rotatable bonds is 2. The topological polar surface area (TPSA) is 34.9 Å². The van der Waals surface area contributed by atoms with Gasteiger partial charge >= 0.3 is 0 Å². The number of carbonyl (C=O) groups is 1. The number of fused-ring (bicyclic) bond motifs is 1. The van der Waals surface area contributed by atoms with Gasteiger partial charge in [0.2, 0.25) is 0 Å². The fourth-order valence-corrected chi connectivity index (χ4v) is 4.86. The average molecular weight is 353 g/mol. The average Bonchev–Trinajstić information content (AvgIpc) is 2.80. The van der Waals surface area contributed by atoms with Crippen molar-refractivity contribution < 1.29 is 4.79 Å². The number of aryl methyl sites for hydroxylation is 3. The van der Waals surface area contributed by atoms with E-state index in [4.69, 9.17) is 0 Å². The highest BCUT2D eigenvalue weighted by Crippen LogP contribution is 2.49. The molecular formula is C23H32N2O. The molecule has 2 unspecified atom stereocenters. The van der Waals surface area contributed by atoms with Gasteiger partial charge in [-0.25, -0.2) is 0 Å². The zero-order chi connectivity index (χ0) is 19.5. The highest BCUT2D eigenvalue weighted by atomic mass is 16.1. The lowest BCUT2D eigenvalue weighted by Crippen LogP contribution is -2.35. The van der Waals surface area contributed by atoms with E-state index in [1.807, 2.05) is 20.9 Å². The van der Waals surface area contributed by atoms with E-state index >= 15 is 0 Å². The molecule has 1 aromatic carbocycles. The molecule has 0 amide bonds. The first-order chi connectivity index (χ1) is 12.0. The Morgan fingerprint density at radius 1 is 1.19 bits per heavy atom. The molecule has 0 fully saturated rings. The molecule has 0 bridgehead atoms. The van der Waals surface area contributed by atoms with E-state index in [2.05, 4.69) is 52.7 Å². The molecular weight excluding hydrogens is 320 g/mol. The van der Waals surface area contributed by atoms with Crippen LogP contribution in [0.1, 0.15) is 83.2 Å². The third kappa shape index (κ3) is 2.64. The molecule has 3 heteroatoms. The molecule has 3 nitrogen and oxygen atoms in total. The molecule has 0 aliphatic heterocycles. The second-order valence-corrected chi connectivity index (χ2v) is 9.00. The van der Waals surface area contributed by atoms with Gasteiger partial charge in [-0.05, 0) is 79.7 Å². The Labute approximate surface area is 157 Å². The Kier molecular flexibility index (Phi) is 4.41. The normalized spacial score (nSPS) is 21.6. The molecule has 1 aliphatic rings. The molecule has 0 radical (unpaired) electrons. The highest BCUT2D eigenvalue weighted by molar-refractivity contribution is 6.11. The molecule has 3 rings (SSSR count). The van der Waals surface area contributed by atoms with Crippen LogP contribution in [0.15, 0.2) is 6.07 Å². The van der Waals surface area contributed by atoms with Crippen LogP contribution >= 0.6 is 0 Å². The van der Waals surface area contributed by atoms with Crippen molar-refractivity contribution >= 4 is 5.78 Å². The summed E-state index contributed by atoms with van der Waals surface area (Å²) in [5, 5.41) is 4.44. The molecule has 0 saturated heterocycles. The van der Waals surface area contributed by atoms with Gasteiger partial charge in [-0.2, -0.15) is 5.10 Å². The first kappa shape index (κ1) is 18.9. The summed E-state index contributed by atoms with van der Waals surface area (Å²) in [4.78, 5) is 13.4. The first-order valence-electron chi connectivity index (χ1n) is 9.65. The van der Waals surface area contributed by atoms with E-state index in [-0.39, 0.29) is 11.2 Å². The van der Waals surface area contributed by atoms with Gasteiger partial charge in [-0.15, -0.1) is 0 Å². The van der Waals surface area contributed by atoms with Crippen molar-refractivity contribution in [3.05, 3.63) is 50.8 Å². The summed E-state index contributed by atoms with van der Waals surface area (Å²) in [6.45, 7) is 17.6. The summed E-state index contributed by atoms with van der Waals surface area (Å²) in [6.07, 6.45) is 1.08. The van der Waals surface area contributed by atoms with Crippen molar-refractivity contribution in [3.8, 4) is 0 Å². The number of carbonyl (C=O) groups excluding carboxylic acids is 1. The molecule has 26 heavy (non-hydrogen) atoms. The van der Waals surface area contributed by atoms with Crippen molar-refractivity contribution in [2.24, 2.45) is 18.4 Å². The molecule has 1 aliphatic carbocycles. The lowest BCUT2D eigenvalue weighted by molar-refractivity contribution is 0.103. The number of benzene rings is 1. The van der Waals surface area contributed by atoms with Crippen molar-refractivity contribution in [1.29, 1.82) is 0 Å². The number of hydrogen-bond donors (Lipinski definition) is 0. The lowest BCUT2D eigenvalue weighted by Gasteiger charge is -2.44. The van der Waals surface area contributed by atoms with Crippen molar-refractivity contribution in [3.63, 3.8) is 0 Å². The lowest BCUT2D eigenvalue weighted by atomic mass is 9.61. The second kappa shape index (κ2) is 6.07. The highest BCUT2D eigenvalue weighted by Gasteiger charge is 2.39. The number of ketones is 1. The van der Waals surface area contributed by atoms with Crippen LogP contribution in [0.3, 0.4) is 0 Å². The molecule has 1 heterocycles. The fourth-order valence-electron chi connectivity index (χ4n) is 4.86. The summed E-state index contributed by atoms with van der Waals surface area (Å²) in [5.41, 5.74) is 8.90. The molecule has 2 atom stereocenters. The number of aromatic nitrogens is 2. The molecule has 140 valence electrons. The third-order valence-electron chi connectivity index (χ3n) is 7.02. The van der Waals surface area contributed by atoms with Gasteiger partial charge in [0.25, 0.3) is 0 Å². The minimum atomic E-state index is 0.112. The largest absolute Gasteiger partial charge is 0.288 e. The molecule has 2 aromatic rings. The van der Waals surface area contributed by atoms with E-state index in [0.29, 0.717) is 11.8 Å². The molecule has 0 N–H and O–H groups in total. The smallest absolute Gasteiger partial charge is 0.197 e. The Morgan fingerprint density at radius 2 is 1.81 bits per heavy atom. The number of hydrogen-bond acceptors (Lipinski definition) is 2. The summed E-state index contributed by atoms with van der Waals surface area (Å²) >= 11 is 0. The summed E-state index contributed by atoms with van der Waals surface area (Å²) in [7, 11) is 1.90. The Bertz CT molecular complexity index is 902. The van der Waals surface area contributed by atoms with E-state index in [1.54, 1.807) is 4.68 Å². The minimum absolute atomic E-state index is 0.112. The van der Waals surface area contributed by atoms with Crippen molar-refractivity contribution in [2.45, 2.75) is 67.7 Å². The summed E-state index contributed by atoms with van der Waals surface area (Å²) in [5.74, 6) is 1.15. The van der Waals surface area contributed by atoms with Gasteiger partial charge < -0.3 is 0 Å². The SMILES string of the molecule is Cc1cc(C(=O)c2c(C)nn(C)c2C)c(C)c2c1CC(C)(C)C(C)C2C. The second-order valence-electron chi connectivity index (χ2n) is 9.00. The van der Waals surface area contributed by atoms with Gasteiger partial charge in [-0.1, -0.05) is 27.7 Å². The van der Waals surface area contributed by atoms with Crippen LogP contribution in [0.5, 0.6) is 0 Å². The third-order valence-corrected chi connectivity index (χ3v) is 7.02. The number of nitrogens with zero attached hydrogens (tertiary/aromatic N) is 2. The van der Waals surface area contributed by atoms with Crippen LogP contribution in [0.4, 0.5) is 0 Å². The van der Waals surface area contributed by atoms with E-state index in [1.165, 1.54) is 16.7 Å². The summed E-state index contributed by atoms with van der Waals surface area (Å²) in [6, 6.07) is 2.11. The van der Waals surface area contributed by atoms with Gasteiger partial charge in [-0.3, -0.25) is 9.48 Å². The standard InChI is InChI=1S/C23H32N2O/c1-12-10-18(22(26)21-16(5)24-25(9)17(21)6)14(3)20-13(2)15(4)23(7,8)11-19(12)20/h10,13,15H,11H2,1-9H3. The minimum Gasteiger partial charge on any atom is -0.288 e. The maximum absolute atomic E-state index is 13.4. The zero-order valence-corrected chi connectivity index (χ0v) is 17.7. The van der Waals surface area contributed by atoms with E-state index in [0.717, 1.165) is 34.5 Å². The molecule has 0 saturated carbocycles. The zero-order valence-electron chi connectivity index (χ0n) is 17.7. The van der Waals surface area contributed by atoms with Gasteiger partial charge in [0.15, 0.2) is 5.78 Å². The summed E-state index contributed by atoms with van der Waals surface area (Å²) < 4.78 is 1.80. The van der Waals surface area contributed by atoms with Crippen LogP contribution in [-0.4, -0.2) is 15.6 Å². The first-order valence-corrected chi connectivity index (χ1v) is 9.65. The van der Waals surface area contributed by atoms with Crippen LogP contribution in [-0.2, 0) is 13.5 Å². The van der Waals surface area contributed by atoms with Gasteiger partial charge in [0.05, 0.1) is 11.3 Å². The Balaban J connectivity index is 2.21. The van der Waals surface area contributed by atoms with Crippen molar-refractivity contribution in [2.75, 3.05) is 0 Å². The quantitative estimate of drug-likeness (QED) is 0.696. The van der Waals surface area contributed by atoms with Gasteiger partial charge in [0, 0.05) is 18.3 Å². The van der Waals surface area contributed by atoms with Crippen LogP contribution in [0.25, 0.3) is 0 Å². The predicted octanol–water partition coefficient (Wildman–Crippen LogP) is 5.21. The monoisotopic (exact) mass is 352 g/mol. The van der Waals surface area contributed by atoms with E-state index in [9.17, 15) is 4.79 Å². The van der Waals surface area contributed by atoms with Gasteiger partial charge in [0.1, 0.15) is 0 Å².